The molecular weight excluding hydrogens is 220 g/mol. The van der Waals surface area contributed by atoms with Crippen molar-refractivity contribution >= 4 is 11.7 Å². The van der Waals surface area contributed by atoms with Crippen molar-refractivity contribution < 1.29 is 14.6 Å². The van der Waals surface area contributed by atoms with Crippen LogP contribution in [0.5, 0.6) is 5.75 Å². The maximum absolute atomic E-state index is 10.9. The quantitative estimate of drug-likeness (QED) is 0.866. The Balaban J connectivity index is 2.34. The van der Waals surface area contributed by atoms with E-state index >= 15 is 0 Å². The number of carbonyl (C=O) groups is 1. The average molecular weight is 236 g/mol. The summed E-state index contributed by atoms with van der Waals surface area (Å²) < 4.78 is 5.07. The van der Waals surface area contributed by atoms with Crippen molar-refractivity contribution in [3.05, 3.63) is 18.0 Å². The summed E-state index contributed by atoms with van der Waals surface area (Å²) in [7, 11) is 1.46. The molecule has 2 heterocycles. The summed E-state index contributed by atoms with van der Waals surface area (Å²) in [5.41, 5.74) is 0.889. The molecule has 0 aromatic carbocycles. The number of nitrogens with zero attached hydrogens (tertiary/aromatic N) is 2. The van der Waals surface area contributed by atoms with E-state index in [1.807, 2.05) is 0 Å². The summed E-state index contributed by atoms with van der Waals surface area (Å²) in [6, 6.07) is 2.22. The van der Waals surface area contributed by atoms with Crippen molar-refractivity contribution in [3.8, 4) is 5.75 Å². The first-order chi connectivity index (χ1) is 8.13. The van der Waals surface area contributed by atoms with Crippen molar-refractivity contribution in [2.75, 3.05) is 18.6 Å². The Morgan fingerprint density at radius 1 is 1.65 bits per heavy atom. The van der Waals surface area contributed by atoms with Crippen LogP contribution in [0.15, 0.2) is 12.3 Å². The molecule has 0 bridgehead atoms. The van der Waals surface area contributed by atoms with Gasteiger partial charge in [-0.25, -0.2) is 9.78 Å². The molecule has 1 aliphatic rings. The number of pyridine rings is 1. The summed E-state index contributed by atoms with van der Waals surface area (Å²) >= 11 is 0. The van der Waals surface area contributed by atoms with Gasteiger partial charge in [0.15, 0.2) is 11.4 Å². The lowest BCUT2D eigenvalue weighted by atomic mass is 10.2. The normalized spacial score (nSPS) is 19.4. The molecule has 0 radical (unpaired) electrons. The molecule has 1 aromatic rings. The van der Waals surface area contributed by atoms with Crippen LogP contribution in [0.1, 0.15) is 30.3 Å². The van der Waals surface area contributed by atoms with Crippen LogP contribution in [0.4, 0.5) is 5.69 Å². The summed E-state index contributed by atoms with van der Waals surface area (Å²) in [6.45, 7) is 3.14. The van der Waals surface area contributed by atoms with E-state index in [0.717, 1.165) is 25.1 Å². The molecule has 1 aromatic heterocycles. The molecular formula is C12H16N2O3. The van der Waals surface area contributed by atoms with Crippen molar-refractivity contribution in [2.45, 2.75) is 25.8 Å². The van der Waals surface area contributed by atoms with Crippen LogP contribution in [0.2, 0.25) is 0 Å². The molecule has 1 atom stereocenters. The number of hydrogen-bond acceptors (Lipinski definition) is 4. The van der Waals surface area contributed by atoms with Crippen LogP contribution in [0.25, 0.3) is 0 Å². The fourth-order valence-electron chi connectivity index (χ4n) is 2.22. The second kappa shape index (κ2) is 4.61. The molecule has 0 amide bonds. The van der Waals surface area contributed by atoms with Gasteiger partial charge in [-0.3, -0.25) is 0 Å². The lowest BCUT2D eigenvalue weighted by molar-refractivity contribution is 0.0686. The molecule has 1 N–H and O–H groups in total. The van der Waals surface area contributed by atoms with Crippen LogP contribution in [0, 0.1) is 0 Å². The third kappa shape index (κ3) is 2.18. The topological polar surface area (TPSA) is 62.7 Å². The minimum Gasteiger partial charge on any atom is -0.494 e. The second-order valence-electron chi connectivity index (χ2n) is 4.23. The fourth-order valence-corrected chi connectivity index (χ4v) is 2.22. The van der Waals surface area contributed by atoms with Gasteiger partial charge in [0.2, 0.25) is 0 Å². The summed E-state index contributed by atoms with van der Waals surface area (Å²) in [4.78, 5) is 17.1. The van der Waals surface area contributed by atoms with Crippen LogP contribution in [0.3, 0.4) is 0 Å². The summed E-state index contributed by atoms with van der Waals surface area (Å²) in [6.07, 6.45) is 3.92. The molecule has 92 valence electrons. The maximum atomic E-state index is 10.9. The van der Waals surface area contributed by atoms with Crippen LogP contribution < -0.4 is 9.64 Å². The molecule has 1 saturated heterocycles. The van der Waals surface area contributed by atoms with Gasteiger partial charge < -0.3 is 14.7 Å². The Hall–Kier alpha value is -1.78. The molecule has 0 saturated carbocycles. The van der Waals surface area contributed by atoms with Gasteiger partial charge in [-0.2, -0.15) is 0 Å². The highest BCUT2D eigenvalue weighted by Crippen LogP contribution is 2.28. The van der Waals surface area contributed by atoms with Gasteiger partial charge in [0.1, 0.15) is 0 Å². The fraction of sp³-hybridized carbons (Fsp3) is 0.500. The number of aromatic nitrogens is 1. The zero-order chi connectivity index (χ0) is 12.4. The predicted molar refractivity (Wildman–Crippen MR) is 63.8 cm³/mol. The van der Waals surface area contributed by atoms with Crippen LogP contribution >= 0.6 is 0 Å². The molecule has 5 nitrogen and oxygen atoms in total. The first-order valence-electron chi connectivity index (χ1n) is 5.67. The Morgan fingerprint density at radius 3 is 2.94 bits per heavy atom. The SMILES string of the molecule is COc1cc(N2CCCC2C)cnc1C(=O)O. The van der Waals surface area contributed by atoms with E-state index < -0.39 is 5.97 Å². The number of carboxylic acid groups (broad SMARTS) is 1. The zero-order valence-corrected chi connectivity index (χ0v) is 10.0. The number of anilines is 1. The van der Waals surface area contributed by atoms with Crippen molar-refractivity contribution in [3.63, 3.8) is 0 Å². The van der Waals surface area contributed by atoms with Gasteiger partial charge in [0.05, 0.1) is 19.0 Å². The molecule has 1 unspecified atom stereocenters. The zero-order valence-electron chi connectivity index (χ0n) is 10.0. The van der Waals surface area contributed by atoms with Crippen molar-refractivity contribution in [2.24, 2.45) is 0 Å². The molecule has 5 heteroatoms. The Kier molecular flexibility index (Phi) is 3.17. The van der Waals surface area contributed by atoms with Gasteiger partial charge in [-0.1, -0.05) is 0 Å². The lowest BCUT2D eigenvalue weighted by Crippen LogP contribution is -2.26. The number of methoxy groups -OCH3 is 1. The van der Waals surface area contributed by atoms with E-state index in [-0.39, 0.29) is 5.69 Å². The molecule has 0 aliphatic carbocycles. The number of rotatable bonds is 3. The predicted octanol–water partition coefficient (Wildman–Crippen LogP) is 1.78. The average Bonchev–Trinajstić information content (AvgIpc) is 2.74. The van der Waals surface area contributed by atoms with Gasteiger partial charge in [0.25, 0.3) is 0 Å². The monoisotopic (exact) mass is 236 g/mol. The number of hydrogen-bond donors (Lipinski definition) is 1. The third-order valence-corrected chi connectivity index (χ3v) is 3.15. The van der Waals surface area contributed by atoms with E-state index in [2.05, 4.69) is 16.8 Å². The first kappa shape index (κ1) is 11.7. The maximum Gasteiger partial charge on any atom is 0.358 e. The second-order valence-corrected chi connectivity index (χ2v) is 4.23. The standard InChI is InChI=1S/C12H16N2O3/c1-8-4-3-5-14(8)9-6-10(17-2)11(12(15)16)13-7-9/h6-8H,3-5H2,1-2H3,(H,15,16). The third-order valence-electron chi connectivity index (χ3n) is 3.15. The Bertz CT molecular complexity index is 434. The Morgan fingerprint density at radius 2 is 2.41 bits per heavy atom. The molecule has 2 rings (SSSR count). The van der Waals surface area contributed by atoms with Gasteiger partial charge >= 0.3 is 5.97 Å². The number of ether oxygens (including phenoxy) is 1. The van der Waals surface area contributed by atoms with Crippen LogP contribution in [-0.4, -0.2) is 35.8 Å². The van der Waals surface area contributed by atoms with E-state index in [4.69, 9.17) is 9.84 Å². The molecule has 0 spiro atoms. The minimum atomic E-state index is -1.07. The van der Waals surface area contributed by atoms with Gasteiger partial charge in [0, 0.05) is 18.7 Å². The van der Waals surface area contributed by atoms with Crippen molar-refractivity contribution in [1.29, 1.82) is 0 Å². The molecule has 1 fully saturated rings. The highest BCUT2D eigenvalue weighted by molar-refractivity contribution is 5.89. The lowest BCUT2D eigenvalue weighted by Gasteiger charge is -2.23. The summed E-state index contributed by atoms with van der Waals surface area (Å²) in [5, 5.41) is 8.95. The number of carboxylic acids is 1. The van der Waals surface area contributed by atoms with Crippen molar-refractivity contribution in [1.82, 2.24) is 4.98 Å². The van der Waals surface area contributed by atoms with E-state index in [1.165, 1.54) is 7.11 Å². The minimum absolute atomic E-state index is 0.0388. The summed E-state index contributed by atoms with van der Waals surface area (Å²) in [5.74, 6) is -0.753. The van der Waals surface area contributed by atoms with Crippen LogP contribution in [-0.2, 0) is 0 Å². The van der Waals surface area contributed by atoms with Gasteiger partial charge in [-0.15, -0.1) is 0 Å². The smallest absolute Gasteiger partial charge is 0.358 e. The van der Waals surface area contributed by atoms with E-state index in [9.17, 15) is 4.79 Å². The molecule has 17 heavy (non-hydrogen) atoms. The number of aromatic carboxylic acids is 1. The highest BCUT2D eigenvalue weighted by Gasteiger charge is 2.22. The largest absolute Gasteiger partial charge is 0.494 e. The highest BCUT2D eigenvalue weighted by atomic mass is 16.5. The molecule has 1 aliphatic heterocycles. The van der Waals surface area contributed by atoms with E-state index in [1.54, 1.807) is 12.3 Å². The Labute approximate surface area is 100 Å². The van der Waals surface area contributed by atoms with E-state index in [0.29, 0.717) is 11.8 Å². The first-order valence-corrected chi connectivity index (χ1v) is 5.67. The van der Waals surface area contributed by atoms with Gasteiger partial charge in [-0.05, 0) is 19.8 Å².